The average Bonchev–Trinajstić information content (AvgIpc) is 0.870. The van der Waals surface area contributed by atoms with E-state index in [1.165, 1.54) is 12.8 Å². The molecule has 8 aliphatic rings. The van der Waals surface area contributed by atoms with E-state index in [0.29, 0.717) is 88.2 Å². The fourth-order valence-corrected chi connectivity index (χ4v) is 19.4. The summed E-state index contributed by atoms with van der Waals surface area (Å²) in [5.74, 6) is 3.82. The van der Waals surface area contributed by atoms with Gasteiger partial charge in [-0.25, -0.2) is 0 Å². The minimum atomic E-state index is -0.894. The Balaban J connectivity index is 0.000000245. The van der Waals surface area contributed by atoms with Crippen LogP contribution in [0.5, 0.6) is 17.2 Å². The van der Waals surface area contributed by atoms with Gasteiger partial charge in [0, 0.05) is 91.5 Å². The number of methoxy groups -OCH3 is 3. The third-order valence-corrected chi connectivity index (χ3v) is 25.0. The number of likely N-dealkylation sites (N-methyl/N-ethyl adjacent to an activating group) is 2. The lowest BCUT2D eigenvalue weighted by atomic mass is 9.43. The van der Waals surface area contributed by atoms with Crippen LogP contribution in [0.1, 0.15) is 167 Å². The van der Waals surface area contributed by atoms with Crippen molar-refractivity contribution in [3.05, 3.63) is 95.1 Å². The lowest BCUT2D eigenvalue weighted by Gasteiger charge is -2.62. The molecule has 0 radical (unpaired) electrons. The van der Waals surface area contributed by atoms with Crippen molar-refractivity contribution in [3.8, 4) is 39.5 Å². The highest BCUT2D eigenvalue weighted by Gasteiger charge is 2.59. The smallest absolute Gasteiger partial charge is 0.255 e. The molecule has 6 aliphatic carbocycles. The maximum absolute atomic E-state index is 14.3. The Morgan fingerprint density at radius 3 is 1.57 bits per heavy atom. The Labute approximate surface area is 633 Å². The van der Waals surface area contributed by atoms with E-state index in [1.807, 2.05) is 114 Å². The Kier molecular flexibility index (Phi) is 27.5. The van der Waals surface area contributed by atoms with Gasteiger partial charge < -0.3 is 65.3 Å². The first-order chi connectivity index (χ1) is 49.9. The molecule has 21 nitrogen and oxygen atoms in total. The Morgan fingerprint density at radius 2 is 1.10 bits per heavy atom. The topological polar surface area (TPSA) is 248 Å². The number of anilines is 1. The normalized spacial score (nSPS) is 27.8. The molecule has 6 saturated carbocycles. The van der Waals surface area contributed by atoms with Crippen molar-refractivity contribution >= 4 is 29.2 Å². The van der Waals surface area contributed by atoms with Crippen LogP contribution >= 0.6 is 0 Å². The maximum atomic E-state index is 14.3. The van der Waals surface area contributed by atoms with E-state index < -0.39 is 48.3 Å². The average molecular weight is 1470 g/mol. The van der Waals surface area contributed by atoms with Crippen LogP contribution in [0.15, 0.2) is 72.8 Å². The number of hydroxylamine groups is 4. The largest absolute Gasteiger partial charge is 0.496 e. The van der Waals surface area contributed by atoms with Crippen molar-refractivity contribution in [2.24, 2.45) is 75.4 Å². The quantitative estimate of drug-likeness (QED) is 0.0256. The van der Waals surface area contributed by atoms with Crippen LogP contribution in [-0.4, -0.2) is 208 Å². The molecule has 2 heterocycles. The van der Waals surface area contributed by atoms with Gasteiger partial charge in [-0.1, -0.05) is 125 Å². The molecule has 4 aromatic rings. The van der Waals surface area contributed by atoms with Gasteiger partial charge in [-0.3, -0.25) is 28.9 Å². The minimum absolute atomic E-state index is 0.00767. The number of hydrogen-bond acceptors (Lipinski definition) is 18. The Hall–Kier alpha value is -6.24. The van der Waals surface area contributed by atoms with Crippen LogP contribution in [-0.2, 0) is 32.4 Å². The molecule has 4 bridgehead atoms. The maximum Gasteiger partial charge on any atom is 0.255 e. The Morgan fingerprint density at radius 1 is 0.623 bits per heavy atom. The van der Waals surface area contributed by atoms with Gasteiger partial charge in [-0.2, -0.15) is 10.1 Å². The molecule has 8 fully saturated rings. The molecule has 106 heavy (non-hydrogen) atoms. The van der Waals surface area contributed by atoms with E-state index in [-0.39, 0.29) is 84.7 Å². The predicted molar refractivity (Wildman–Crippen MR) is 417 cm³/mol. The highest BCUT2D eigenvalue weighted by Crippen LogP contribution is 2.64. The van der Waals surface area contributed by atoms with Crippen LogP contribution in [0.4, 0.5) is 5.69 Å². The summed E-state index contributed by atoms with van der Waals surface area (Å²) in [6.07, 6.45) is 3.30. The summed E-state index contributed by atoms with van der Waals surface area (Å²) in [5.41, 5.74) is 7.12. The first-order valence-electron chi connectivity index (χ1n) is 38.9. The Bertz CT molecular complexity index is 3650. The van der Waals surface area contributed by atoms with Crippen LogP contribution in [0.2, 0.25) is 0 Å². The van der Waals surface area contributed by atoms with E-state index in [4.69, 9.17) is 23.9 Å². The number of nitrogens with zero attached hydrogens (tertiary/aromatic N) is 5. The van der Waals surface area contributed by atoms with Gasteiger partial charge in [0.15, 0.2) is 5.78 Å². The fourth-order valence-electron chi connectivity index (χ4n) is 19.4. The summed E-state index contributed by atoms with van der Waals surface area (Å²) >= 11 is 0. The fraction of sp³-hybridized carbons (Fsp3) is 0.671. The molecule has 0 aromatic heterocycles. The van der Waals surface area contributed by atoms with E-state index >= 15 is 0 Å². The molecule has 3 amide bonds. The second-order valence-corrected chi connectivity index (χ2v) is 35.6. The van der Waals surface area contributed by atoms with Crippen LogP contribution in [0, 0.1) is 75.4 Å². The summed E-state index contributed by atoms with van der Waals surface area (Å²) < 4.78 is 17.8. The molecule has 7 N–H and O–H groups in total. The standard InChI is InChI=1S/C43H65N3O7.C42H65N5O6/c1-25-29(17-30-20-34(25)43(30,6)7)19-35(49)39-38(26(2)48)37(24-47)53-46(39)22-28-13-12-14-32(40(28)52-11)27-15-16-36(51-10)33(18-27)41(50)44-31(23-45(8)9)21-42(3,4)5;1-24(2)17-30(22-45(7)8)43-40(50)32-18-27(15-16-35(32)46(9)10)31-14-12-13-28(39(31)52-11)21-47-38(37(26(4)49)36(23-48)53-47)41(51)44-34-20-29-19-33(25(34)3)42(29,5)6/h12-16,18,25-26,29-31,34,37-39,47-48H,17,19-24H2,1-11H3,(H,44,50);12-16,18,24-26,29-30,33-34,36-38,48-49H,17,19-23H2,1-11H3,(H,43,50)(H,44,51)/t25-,26+,29-,30+,31+,34+,37+,38+,39-;25-,26-,29+,30-,33-,34-,36-,37+,38-/m10/s1. The third kappa shape index (κ3) is 18.4. The highest BCUT2D eigenvalue weighted by molar-refractivity contribution is 6.02. The predicted octanol–water partition coefficient (Wildman–Crippen LogP) is 11.0. The van der Waals surface area contributed by atoms with Crippen LogP contribution < -0.4 is 35.1 Å². The minimum Gasteiger partial charge on any atom is -0.496 e. The summed E-state index contributed by atoms with van der Waals surface area (Å²) in [6.45, 7) is 29.3. The van der Waals surface area contributed by atoms with Gasteiger partial charge in [-0.05, 0) is 180 Å². The molecule has 2 saturated heterocycles. The zero-order chi connectivity index (χ0) is 77.9. The number of fused-ring (bicyclic) bond motifs is 4. The zero-order valence-electron chi connectivity index (χ0n) is 67.8. The van der Waals surface area contributed by atoms with Gasteiger partial charge in [0.1, 0.15) is 41.5 Å². The number of rotatable bonds is 30. The van der Waals surface area contributed by atoms with Crippen molar-refractivity contribution in [3.63, 3.8) is 0 Å². The number of hydrogen-bond donors (Lipinski definition) is 7. The van der Waals surface area contributed by atoms with Gasteiger partial charge in [0.2, 0.25) is 5.91 Å². The lowest BCUT2D eigenvalue weighted by Crippen LogP contribution is -2.62. The van der Waals surface area contributed by atoms with E-state index in [2.05, 4.69) is 102 Å². The van der Waals surface area contributed by atoms with Gasteiger partial charge in [0.25, 0.3) is 11.8 Å². The van der Waals surface area contributed by atoms with Gasteiger partial charge in [0.05, 0.1) is 71.0 Å². The van der Waals surface area contributed by atoms with Crippen molar-refractivity contribution in [2.45, 2.75) is 203 Å². The van der Waals surface area contributed by atoms with Crippen molar-refractivity contribution in [1.29, 1.82) is 0 Å². The third-order valence-electron chi connectivity index (χ3n) is 25.0. The number of ether oxygens (including phenoxy) is 3. The first kappa shape index (κ1) is 83.8. The second kappa shape index (κ2) is 34.8. The summed E-state index contributed by atoms with van der Waals surface area (Å²) in [5, 5.41) is 55.8. The number of amides is 3. The first-order valence-corrected chi connectivity index (χ1v) is 38.9. The zero-order valence-corrected chi connectivity index (χ0v) is 67.8. The number of aliphatic hydroxyl groups is 4. The van der Waals surface area contributed by atoms with E-state index in [9.17, 15) is 39.6 Å². The number of para-hydroxylation sites is 2. The van der Waals surface area contributed by atoms with Crippen LogP contribution in [0.3, 0.4) is 0 Å². The molecule has 18 atom stereocenters. The molecule has 0 spiro atoms. The van der Waals surface area contributed by atoms with Crippen molar-refractivity contribution in [2.75, 3.05) is 94.8 Å². The summed E-state index contributed by atoms with van der Waals surface area (Å²) in [4.78, 5) is 75.1. The number of carbonyl (C=O) groups excluding carboxylic acids is 4. The SMILES string of the molecule is COc1c(CN2O[C@@H](CO)[C@@H]([C@H](C)O)[C@H]2C(=O)N[C@H]2C[C@H]3C[C@@H]([C@@H]2C)C3(C)C)cccc1-c1ccc(N(C)C)c(C(=O)N[C@@H](CC(C)C)CN(C)C)c1.COc1ccc(-c2cccc(CN3O[C@@H](CO)[C@H]([C@H](C)O)[C@H]3C(=O)C[C@H]3C[C@H]4C[C@@H]([C@@H]3C)C4(C)C)c2OC)cc1C(=O)N[C@H](CN(C)C)CC(C)(C)C. The number of Topliss-reactive ketones (excluding diaryl/α,β-unsaturated/α-hetero) is 1. The van der Waals surface area contributed by atoms with Gasteiger partial charge in [-0.15, -0.1) is 0 Å². The molecule has 4 aromatic carbocycles. The summed E-state index contributed by atoms with van der Waals surface area (Å²) in [7, 11) is 16.7. The highest BCUT2D eigenvalue weighted by atomic mass is 16.7. The van der Waals surface area contributed by atoms with E-state index in [0.717, 1.165) is 71.3 Å². The van der Waals surface area contributed by atoms with Crippen molar-refractivity contribution < 1.29 is 63.5 Å². The van der Waals surface area contributed by atoms with E-state index in [1.54, 1.807) is 51.4 Å². The number of ketones is 1. The number of aliphatic hydroxyl groups excluding tert-OH is 4. The summed E-state index contributed by atoms with van der Waals surface area (Å²) in [6, 6.07) is 21.5. The number of benzene rings is 4. The molecule has 2 aliphatic heterocycles. The number of nitrogens with one attached hydrogen (secondary N) is 3. The molecule has 12 rings (SSSR count). The van der Waals surface area contributed by atoms with Crippen molar-refractivity contribution in [1.82, 2.24) is 35.9 Å². The molecular weight excluding hydrogens is 1340 g/mol. The monoisotopic (exact) mass is 1470 g/mol. The lowest BCUT2D eigenvalue weighted by molar-refractivity contribution is -0.183. The molecule has 588 valence electrons. The van der Waals surface area contributed by atoms with Gasteiger partial charge >= 0.3 is 0 Å². The second-order valence-electron chi connectivity index (χ2n) is 35.6. The molecule has 0 unspecified atom stereocenters. The molecule has 21 heteroatoms. The van der Waals surface area contributed by atoms with Crippen LogP contribution in [0.25, 0.3) is 22.3 Å². The number of carbonyl (C=O) groups is 4. The molecular formula is C85H130N8O13.